The Labute approximate surface area is 116 Å². The van der Waals surface area contributed by atoms with E-state index in [2.05, 4.69) is 4.98 Å². The predicted octanol–water partition coefficient (Wildman–Crippen LogP) is 1.50. The number of rotatable bonds is 3. The lowest BCUT2D eigenvalue weighted by Gasteiger charge is -2.24. The third-order valence-corrected chi connectivity index (χ3v) is 3.71. The van der Waals surface area contributed by atoms with Gasteiger partial charge in [0.15, 0.2) is 6.29 Å². The Bertz CT molecular complexity index is 684. The summed E-state index contributed by atoms with van der Waals surface area (Å²) in [6.45, 7) is 0.694. The minimum absolute atomic E-state index is 0.366. The van der Waals surface area contributed by atoms with E-state index in [-0.39, 0.29) is 11.9 Å². The smallest absolute Gasteiger partial charge is 0.240 e. The maximum absolute atomic E-state index is 11.5. The number of benzene rings is 1. The molecule has 2 heterocycles. The van der Waals surface area contributed by atoms with Gasteiger partial charge in [-0.1, -0.05) is 18.2 Å². The molecule has 1 aromatic carbocycles. The number of fused-ring (bicyclic) bond motifs is 1. The number of aromatic nitrogens is 1. The van der Waals surface area contributed by atoms with E-state index < -0.39 is 0 Å². The highest BCUT2D eigenvalue weighted by molar-refractivity contribution is 5.93. The molecule has 0 saturated carbocycles. The molecule has 5 nitrogen and oxygen atoms in total. The van der Waals surface area contributed by atoms with Gasteiger partial charge >= 0.3 is 0 Å². The van der Waals surface area contributed by atoms with E-state index in [1.54, 1.807) is 6.07 Å². The van der Waals surface area contributed by atoms with Crippen molar-refractivity contribution in [2.45, 2.75) is 18.9 Å². The maximum Gasteiger partial charge on any atom is 0.240 e. The van der Waals surface area contributed by atoms with Gasteiger partial charge in [-0.05, 0) is 25.0 Å². The molecule has 20 heavy (non-hydrogen) atoms. The average Bonchev–Trinajstić information content (AvgIpc) is 2.95. The highest BCUT2D eigenvalue weighted by Crippen LogP contribution is 2.28. The number of hydrogen-bond donors (Lipinski definition) is 1. The van der Waals surface area contributed by atoms with Crippen molar-refractivity contribution in [2.24, 2.45) is 5.73 Å². The van der Waals surface area contributed by atoms with Crippen LogP contribution in [0.1, 0.15) is 23.2 Å². The Morgan fingerprint density at radius 2 is 2.20 bits per heavy atom. The summed E-state index contributed by atoms with van der Waals surface area (Å²) >= 11 is 0. The molecule has 0 aliphatic carbocycles. The summed E-state index contributed by atoms with van der Waals surface area (Å²) in [5.41, 5.74) is 6.74. The summed E-state index contributed by atoms with van der Waals surface area (Å²) in [5.74, 6) is 0.189. The predicted molar refractivity (Wildman–Crippen MR) is 76.7 cm³/mol. The van der Waals surface area contributed by atoms with Crippen LogP contribution in [0.2, 0.25) is 0 Å². The number of nitrogens with two attached hydrogens (primary N) is 1. The number of pyridine rings is 1. The molecule has 1 aliphatic heterocycles. The Kier molecular flexibility index (Phi) is 3.10. The number of anilines is 1. The first-order valence-corrected chi connectivity index (χ1v) is 6.61. The van der Waals surface area contributed by atoms with Crippen molar-refractivity contribution in [2.75, 3.05) is 11.4 Å². The molecule has 1 aromatic heterocycles. The topological polar surface area (TPSA) is 76.3 Å². The molecular weight excluding hydrogens is 254 g/mol. The quantitative estimate of drug-likeness (QED) is 0.857. The van der Waals surface area contributed by atoms with Crippen LogP contribution in [0.4, 0.5) is 5.82 Å². The second-order valence-electron chi connectivity index (χ2n) is 4.97. The van der Waals surface area contributed by atoms with Crippen LogP contribution < -0.4 is 10.6 Å². The maximum atomic E-state index is 11.5. The molecule has 0 radical (unpaired) electrons. The van der Waals surface area contributed by atoms with Crippen LogP contribution in [-0.2, 0) is 4.79 Å². The van der Waals surface area contributed by atoms with Crippen LogP contribution >= 0.6 is 0 Å². The summed E-state index contributed by atoms with van der Waals surface area (Å²) in [5, 5.41) is 0.910. The Hall–Kier alpha value is -2.43. The van der Waals surface area contributed by atoms with Crippen molar-refractivity contribution in [3.05, 3.63) is 35.9 Å². The minimum atomic E-state index is -0.373. The van der Waals surface area contributed by atoms with Crippen LogP contribution in [-0.4, -0.2) is 29.8 Å². The van der Waals surface area contributed by atoms with Gasteiger partial charge in [-0.3, -0.25) is 9.59 Å². The van der Waals surface area contributed by atoms with E-state index in [0.29, 0.717) is 24.3 Å². The monoisotopic (exact) mass is 269 g/mol. The Morgan fingerprint density at radius 1 is 1.40 bits per heavy atom. The van der Waals surface area contributed by atoms with Crippen LogP contribution in [0, 0.1) is 0 Å². The van der Waals surface area contributed by atoms with Gasteiger partial charge in [-0.2, -0.15) is 0 Å². The van der Waals surface area contributed by atoms with E-state index in [1.807, 2.05) is 29.2 Å². The third-order valence-electron chi connectivity index (χ3n) is 3.71. The number of aldehydes is 1. The largest absolute Gasteiger partial charge is 0.368 e. The number of carbonyl (C=O) groups is 2. The van der Waals surface area contributed by atoms with Crippen molar-refractivity contribution < 1.29 is 9.59 Å². The van der Waals surface area contributed by atoms with Gasteiger partial charge in [0.05, 0.1) is 11.1 Å². The molecule has 0 spiro atoms. The van der Waals surface area contributed by atoms with Gasteiger partial charge in [0.25, 0.3) is 0 Å². The molecule has 1 atom stereocenters. The van der Waals surface area contributed by atoms with E-state index in [0.717, 1.165) is 23.6 Å². The van der Waals surface area contributed by atoms with Gasteiger partial charge in [-0.25, -0.2) is 4.98 Å². The van der Waals surface area contributed by atoms with Gasteiger partial charge in [-0.15, -0.1) is 0 Å². The van der Waals surface area contributed by atoms with Crippen LogP contribution in [0.5, 0.6) is 0 Å². The number of nitrogens with zero attached hydrogens (tertiary/aromatic N) is 2. The van der Waals surface area contributed by atoms with Crippen molar-refractivity contribution >= 4 is 28.9 Å². The van der Waals surface area contributed by atoms with E-state index >= 15 is 0 Å². The normalized spacial score (nSPS) is 18.4. The summed E-state index contributed by atoms with van der Waals surface area (Å²) in [6, 6.07) is 9.04. The highest BCUT2D eigenvalue weighted by atomic mass is 16.1. The first kappa shape index (κ1) is 12.6. The average molecular weight is 269 g/mol. The minimum Gasteiger partial charge on any atom is -0.368 e. The highest BCUT2D eigenvalue weighted by Gasteiger charge is 2.31. The Morgan fingerprint density at radius 3 is 2.95 bits per heavy atom. The molecule has 3 rings (SSSR count). The van der Waals surface area contributed by atoms with Crippen LogP contribution in [0.3, 0.4) is 0 Å². The van der Waals surface area contributed by atoms with Crippen molar-refractivity contribution in [1.82, 2.24) is 4.98 Å². The lowest BCUT2D eigenvalue weighted by atomic mass is 10.1. The third kappa shape index (κ3) is 2.01. The van der Waals surface area contributed by atoms with Crippen molar-refractivity contribution in [3.63, 3.8) is 0 Å². The Balaban J connectivity index is 2.14. The molecule has 2 aromatic rings. The van der Waals surface area contributed by atoms with Gasteiger partial charge < -0.3 is 10.6 Å². The zero-order chi connectivity index (χ0) is 14.1. The van der Waals surface area contributed by atoms with E-state index in [9.17, 15) is 9.59 Å². The van der Waals surface area contributed by atoms with E-state index in [4.69, 9.17) is 5.73 Å². The summed E-state index contributed by atoms with van der Waals surface area (Å²) < 4.78 is 0. The molecule has 1 fully saturated rings. The first-order valence-electron chi connectivity index (χ1n) is 6.61. The SMILES string of the molecule is NC(=O)[C@@H]1CCCN1c1nc2ccccc2cc1C=O. The molecular formula is C15H15N3O2. The van der Waals surface area contributed by atoms with Gasteiger partial charge in [0, 0.05) is 11.9 Å². The molecule has 5 heteroatoms. The van der Waals surface area contributed by atoms with Crippen molar-refractivity contribution in [3.8, 4) is 0 Å². The van der Waals surface area contributed by atoms with Crippen molar-refractivity contribution in [1.29, 1.82) is 0 Å². The molecule has 1 saturated heterocycles. The second-order valence-corrected chi connectivity index (χ2v) is 4.97. The molecule has 1 amide bonds. The van der Waals surface area contributed by atoms with Gasteiger partial charge in [0.1, 0.15) is 11.9 Å². The lowest BCUT2D eigenvalue weighted by Crippen LogP contribution is -2.41. The summed E-state index contributed by atoms with van der Waals surface area (Å²) in [7, 11) is 0. The first-order chi connectivity index (χ1) is 9.70. The fraction of sp³-hybridized carbons (Fsp3) is 0.267. The number of para-hydroxylation sites is 1. The fourth-order valence-electron chi connectivity index (χ4n) is 2.75. The number of primary amides is 1. The lowest BCUT2D eigenvalue weighted by molar-refractivity contribution is -0.119. The zero-order valence-electron chi connectivity index (χ0n) is 11.0. The molecule has 1 aliphatic rings. The molecule has 102 valence electrons. The summed E-state index contributed by atoms with van der Waals surface area (Å²) in [6.07, 6.45) is 2.37. The number of hydrogen-bond acceptors (Lipinski definition) is 4. The zero-order valence-corrected chi connectivity index (χ0v) is 11.0. The number of carbonyl (C=O) groups excluding carboxylic acids is 2. The number of amides is 1. The fourth-order valence-corrected chi connectivity index (χ4v) is 2.75. The second kappa shape index (κ2) is 4.92. The van der Waals surface area contributed by atoms with Gasteiger partial charge in [0.2, 0.25) is 5.91 Å². The molecule has 2 N–H and O–H groups in total. The van der Waals surface area contributed by atoms with E-state index in [1.165, 1.54) is 0 Å². The standard InChI is InChI=1S/C15H15N3O2/c16-14(20)13-6-3-7-18(13)15-11(9-19)8-10-4-1-2-5-12(10)17-15/h1-2,4-5,8-9,13H,3,6-7H2,(H2,16,20)/t13-/m0/s1. The summed E-state index contributed by atoms with van der Waals surface area (Å²) in [4.78, 5) is 29.2. The molecule has 0 bridgehead atoms. The molecule has 0 unspecified atom stereocenters. The van der Waals surface area contributed by atoms with Crippen LogP contribution in [0.25, 0.3) is 10.9 Å². The van der Waals surface area contributed by atoms with Crippen LogP contribution in [0.15, 0.2) is 30.3 Å².